The fourth-order valence-electron chi connectivity index (χ4n) is 2.09. The van der Waals surface area contributed by atoms with Gasteiger partial charge in [0.2, 0.25) is 5.91 Å². The molecule has 3 N–H and O–H groups in total. The number of carbonyl (C=O) groups is 1. The van der Waals surface area contributed by atoms with Crippen molar-refractivity contribution in [3.05, 3.63) is 23.8 Å². The summed E-state index contributed by atoms with van der Waals surface area (Å²) in [6, 6.07) is 5.31. The fourth-order valence-corrected chi connectivity index (χ4v) is 2.09. The van der Waals surface area contributed by atoms with Gasteiger partial charge in [0.1, 0.15) is 0 Å². The second kappa shape index (κ2) is 7.49. The third-order valence-electron chi connectivity index (χ3n) is 3.89. The number of hydrogen-bond donors (Lipinski definition) is 2. The Balaban J connectivity index is 2.84. The lowest BCUT2D eigenvalue weighted by Gasteiger charge is -2.27. The zero-order chi connectivity index (χ0) is 16.9. The molecule has 0 aliphatic heterocycles. The maximum Gasteiger partial charge on any atom is 0.237 e. The highest BCUT2D eigenvalue weighted by molar-refractivity contribution is 5.81. The number of benzene rings is 1. The van der Waals surface area contributed by atoms with Crippen LogP contribution in [-0.4, -0.2) is 32.7 Å². The van der Waals surface area contributed by atoms with Crippen molar-refractivity contribution in [2.24, 2.45) is 11.7 Å². The fraction of sp³-hybridized carbons (Fsp3) is 0.588. The largest absolute Gasteiger partial charge is 0.493 e. The predicted octanol–water partition coefficient (Wildman–Crippen LogP) is 2.08. The Morgan fingerprint density at radius 1 is 1.23 bits per heavy atom. The van der Waals surface area contributed by atoms with Crippen LogP contribution in [0.2, 0.25) is 0 Å². The molecule has 1 aromatic rings. The molecule has 0 aliphatic carbocycles. The number of rotatable bonds is 7. The monoisotopic (exact) mass is 308 g/mol. The molecule has 0 spiro atoms. The lowest BCUT2D eigenvalue weighted by atomic mass is 9.84. The summed E-state index contributed by atoms with van der Waals surface area (Å²) in [6.07, 6.45) is 0. The third-order valence-corrected chi connectivity index (χ3v) is 3.89. The van der Waals surface area contributed by atoms with Gasteiger partial charge in [-0.05, 0) is 23.6 Å². The minimum atomic E-state index is -0.485. The Morgan fingerprint density at radius 2 is 1.82 bits per heavy atom. The topological polar surface area (TPSA) is 73.6 Å². The first-order valence-corrected chi connectivity index (χ1v) is 7.48. The highest BCUT2D eigenvalue weighted by Gasteiger charge is 2.25. The van der Waals surface area contributed by atoms with E-state index in [4.69, 9.17) is 15.2 Å². The predicted molar refractivity (Wildman–Crippen MR) is 88.4 cm³/mol. The van der Waals surface area contributed by atoms with Crippen molar-refractivity contribution in [2.75, 3.05) is 20.8 Å². The molecule has 0 saturated heterocycles. The van der Waals surface area contributed by atoms with Crippen LogP contribution in [0.4, 0.5) is 0 Å². The molecule has 0 radical (unpaired) electrons. The molecule has 0 saturated carbocycles. The number of carbonyl (C=O) groups excluding carboxylic acids is 1. The maximum atomic E-state index is 12.0. The Bertz CT molecular complexity index is 513. The number of nitrogens with two attached hydrogens (primary N) is 1. The van der Waals surface area contributed by atoms with Crippen molar-refractivity contribution in [1.29, 1.82) is 0 Å². The van der Waals surface area contributed by atoms with Crippen LogP contribution in [0, 0.1) is 5.92 Å². The lowest BCUT2D eigenvalue weighted by Crippen LogP contribution is -2.47. The van der Waals surface area contributed by atoms with E-state index < -0.39 is 6.04 Å². The molecule has 5 nitrogen and oxygen atoms in total. The van der Waals surface area contributed by atoms with E-state index in [1.807, 2.05) is 32.0 Å². The molecule has 0 unspecified atom stereocenters. The van der Waals surface area contributed by atoms with Gasteiger partial charge in [-0.25, -0.2) is 0 Å². The summed E-state index contributed by atoms with van der Waals surface area (Å²) in [7, 11) is 3.22. The smallest absolute Gasteiger partial charge is 0.237 e. The van der Waals surface area contributed by atoms with E-state index in [9.17, 15) is 4.79 Å². The highest BCUT2D eigenvalue weighted by Crippen LogP contribution is 2.32. The molecule has 0 aliphatic rings. The van der Waals surface area contributed by atoms with Gasteiger partial charge in [-0.2, -0.15) is 0 Å². The van der Waals surface area contributed by atoms with Crippen molar-refractivity contribution in [1.82, 2.24) is 5.32 Å². The van der Waals surface area contributed by atoms with Crippen LogP contribution in [0.3, 0.4) is 0 Å². The summed E-state index contributed by atoms with van der Waals surface area (Å²) in [4.78, 5) is 12.0. The van der Waals surface area contributed by atoms with Gasteiger partial charge in [0.15, 0.2) is 11.5 Å². The van der Waals surface area contributed by atoms with Crippen molar-refractivity contribution >= 4 is 5.91 Å². The average Bonchev–Trinajstić information content (AvgIpc) is 2.50. The summed E-state index contributed by atoms with van der Waals surface area (Å²) in [5.41, 5.74) is 6.68. The van der Waals surface area contributed by atoms with E-state index in [2.05, 4.69) is 19.2 Å². The van der Waals surface area contributed by atoms with Gasteiger partial charge in [0.25, 0.3) is 0 Å². The first-order chi connectivity index (χ1) is 10.2. The molecular formula is C17H28N2O3. The third kappa shape index (κ3) is 4.37. The maximum absolute atomic E-state index is 12.0. The van der Waals surface area contributed by atoms with E-state index in [1.54, 1.807) is 14.2 Å². The zero-order valence-electron chi connectivity index (χ0n) is 14.4. The molecule has 0 bridgehead atoms. The molecule has 0 fully saturated rings. The molecule has 5 heteroatoms. The molecule has 1 rings (SSSR count). The Hall–Kier alpha value is -1.75. The number of nitrogens with one attached hydrogen (secondary N) is 1. The average molecular weight is 308 g/mol. The minimum absolute atomic E-state index is 0.115. The van der Waals surface area contributed by atoms with Gasteiger partial charge >= 0.3 is 0 Å². The summed E-state index contributed by atoms with van der Waals surface area (Å²) < 4.78 is 10.6. The Kier molecular flexibility index (Phi) is 6.23. The number of hydrogen-bond acceptors (Lipinski definition) is 4. The van der Waals surface area contributed by atoms with E-state index >= 15 is 0 Å². The van der Waals surface area contributed by atoms with E-state index in [-0.39, 0.29) is 17.2 Å². The quantitative estimate of drug-likeness (QED) is 0.809. The van der Waals surface area contributed by atoms with Gasteiger partial charge in [-0.1, -0.05) is 33.8 Å². The molecule has 0 heterocycles. The summed E-state index contributed by atoms with van der Waals surface area (Å²) in [5, 5.41) is 2.93. The van der Waals surface area contributed by atoms with Crippen molar-refractivity contribution in [3.63, 3.8) is 0 Å². The van der Waals surface area contributed by atoms with Gasteiger partial charge in [0.05, 0.1) is 20.3 Å². The molecular weight excluding hydrogens is 280 g/mol. The molecule has 1 aromatic carbocycles. The van der Waals surface area contributed by atoms with Crippen molar-refractivity contribution < 1.29 is 14.3 Å². The van der Waals surface area contributed by atoms with Crippen LogP contribution in [0.5, 0.6) is 11.5 Å². The van der Waals surface area contributed by atoms with Crippen LogP contribution in [0.15, 0.2) is 18.2 Å². The number of amides is 1. The molecule has 124 valence electrons. The lowest BCUT2D eigenvalue weighted by molar-refractivity contribution is -0.123. The van der Waals surface area contributed by atoms with Gasteiger partial charge < -0.3 is 20.5 Å². The number of methoxy groups -OCH3 is 2. The Morgan fingerprint density at radius 3 is 2.32 bits per heavy atom. The van der Waals surface area contributed by atoms with Crippen molar-refractivity contribution in [2.45, 2.75) is 39.2 Å². The second-order valence-corrected chi connectivity index (χ2v) is 6.44. The zero-order valence-corrected chi connectivity index (χ0v) is 14.4. The van der Waals surface area contributed by atoms with Gasteiger partial charge in [-0.15, -0.1) is 0 Å². The second-order valence-electron chi connectivity index (χ2n) is 6.44. The van der Waals surface area contributed by atoms with Crippen molar-refractivity contribution in [3.8, 4) is 11.5 Å². The van der Waals surface area contributed by atoms with Gasteiger partial charge in [0, 0.05) is 12.0 Å². The summed E-state index contributed by atoms with van der Waals surface area (Å²) in [6.45, 7) is 8.50. The first-order valence-electron chi connectivity index (χ1n) is 7.48. The van der Waals surface area contributed by atoms with Crippen LogP contribution < -0.4 is 20.5 Å². The molecule has 1 atom stereocenters. The highest BCUT2D eigenvalue weighted by atomic mass is 16.5. The van der Waals surface area contributed by atoms with Crippen LogP contribution >= 0.6 is 0 Å². The normalized spacial score (nSPS) is 12.9. The SMILES string of the molecule is COc1ccc(C(C)(C)CNC(=O)[C@@H](N)C(C)C)cc1OC. The van der Waals surface area contributed by atoms with E-state index in [1.165, 1.54) is 0 Å². The standard InChI is InChI=1S/C17H28N2O3/c1-11(2)15(18)16(20)19-10-17(3,4)12-7-8-13(21-5)14(9-12)22-6/h7-9,11,15H,10,18H2,1-6H3,(H,19,20)/t15-/m0/s1. The molecule has 0 aromatic heterocycles. The Labute approximate surface area is 133 Å². The first kappa shape index (κ1) is 18.3. The minimum Gasteiger partial charge on any atom is -0.493 e. The molecule has 1 amide bonds. The van der Waals surface area contributed by atoms with Crippen LogP contribution in [-0.2, 0) is 10.2 Å². The molecule has 22 heavy (non-hydrogen) atoms. The number of ether oxygens (including phenoxy) is 2. The van der Waals surface area contributed by atoms with Crippen LogP contribution in [0.1, 0.15) is 33.3 Å². The van der Waals surface area contributed by atoms with Gasteiger partial charge in [-0.3, -0.25) is 4.79 Å². The summed E-state index contributed by atoms with van der Waals surface area (Å²) in [5.74, 6) is 1.36. The van der Waals surface area contributed by atoms with E-state index in [0.717, 1.165) is 5.56 Å². The van der Waals surface area contributed by atoms with E-state index in [0.29, 0.717) is 18.0 Å². The summed E-state index contributed by atoms with van der Waals surface area (Å²) >= 11 is 0. The van der Waals surface area contributed by atoms with Crippen LogP contribution in [0.25, 0.3) is 0 Å².